The second-order valence-electron chi connectivity index (χ2n) is 5.06. The first-order valence-electron chi connectivity index (χ1n) is 6.52. The molecule has 0 saturated carbocycles. The second kappa shape index (κ2) is 5.66. The van der Waals surface area contributed by atoms with Crippen LogP contribution in [0.3, 0.4) is 0 Å². The fourth-order valence-corrected chi connectivity index (χ4v) is 4.39. The number of alkyl halides is 1. The van der Waals surface area contributed by atoms with Crippen LogP contribution in [0.4, 0.5) is 0 Å². The van der Waals surface area contributed by atoms with E-state index in [2.05, 4.69) is 50.5 Å². The first-order valence-corrected chi connectivity index (χ1v) is 8.91. The number of benzene rings is 1. The maximum atomic E-state index is 6.30. The van der Waals surface area contributed by atoms with E-state index < -0.39 is 0 Å². The zero-order valence-corrected chi connectivity index (χ0v) is 13.9. The van der Waals surface area contributed by atoms with Gasteiger partial charge in [0.2, 0.25) is 0 Å². The zero-order valence-electron chi connectivity index (χ0n) is 10.8. The lowest BCUT2D eigenvalue weighted by Crippen LogP contribution is -2.13. The van der Waals surface area contributed by atoms with Crippen LogP contribution in [0.5, 0.6) is 0 Å². The molecule has 1 aromatic heterocycles. The van der Waals surface area contributed by atoms with E-state index in [0.717, 1.165) is 28.3 Å². The van der Waals surface area contributed by atoms with E-state index in [1.165, 1.54) is 23.4 Å². The Kier molecular flexibility index (Phi) is 4.11. The van der Waals surface area contributed by atoms with Crippen molar-refractivity contribution >= 4 is 50.3 Å². The fraction of sp³-hybridized carbons (Fsp3) is 0.500. The van der Waals surface area contributed by atoms with Crippen molar-refractivity contribution in [1.29, 1.82) is 0 Å². The van der Waals surface area contributed by atoms with Gasteiger partial charge in [-0.1, -0.05) is 15.9 Å². The summed E-state index contributed by atoms with van der Waals surface area (Å²) in [4.78, 5) is 4.71. The molecule has 0 radical (unpaired) electrons. The highest BCUT2D eigenvalue weighted by Gasteiger charge is 2.21. The number of hydrogen-bond donors (Lipinski definition) is 0. The number of halogens is 2. The molecule has 2 unspecified atom stereocenters. The summed E-state index contributed by atoms with van der Waals surface area (Å²) in [6.07, 6.45) is 1.30. The molecule has 1 aliphatic rings. The van der Waals surface area contributed by atoms with E-state index in [1.54, 1.807) is 0 Å². The molecular formula is C14H16BrClN2S. The Morgan fingerprint density at radius 2 is 2.42 bits per heavy atom. The maximum absolute atomic E-state index is 6.30. The minimum absolute atomic E-state index is 0.0553. The van der Waals surface area contributed by atoms with Crippen LogP contribution < -0.4 is 0 Å². The Labute approximate surface area is 131 Å². The van der Waals surface area contributed by atoms with E-state index >= 15 is 0 Å². The minimum Gasteiger partial charge on any atom is -0.326 e. The monoisotopic (exact) mass is 358 g/mol. The molecule has 2 atom stereocenters. The van der Waals surface area contributed by atoms with Crippen molar-refractivity contribution in [1.82, 2.24) is 9.55 Å². The maximum Gasteiger partial charge on any atom is 0.127 e. The molecule has 1 fully saturated rings. The van der Waals surface area contributed by atoms with Gasteiger partial charge in [-0.05, 0) is 49.0 Å². The first-order chi connectivity index (χ1) is 9.15. The van der Waals surface area contributed by atoms with Gasteiger partial charge in [0, 0.05) is 11.0 Å². The summed E-state index contributed by atoms with van der Waals surface area (Å²) < 4.78 is 3.38. The lowest BCUT2D eigenvalue weighted by molar-refractivity contribution is 0.488. The van der Waals surface area contributed by atoms with Crippen molar-refractivity contribution in [3.05, 3.63) is 28.5 Å². The fourth-order valence-electron chi connectivity index (χ4n) is 2.60. The Balaban J connectivity index is 2.05. The number of thioether (sulfide) groups is 1. The summed E-state index contributed by atoms with van der Waals surface area (Å²) >= 11 is 11.9. The number of fused-ring (bicyclic) bond motifs is 1. The molecule has 1 aliphatic heterocycles. The van der Waals surface area contributed by atoms with Gasteiger partial charge < -0.3 is 4.57 Å². The molecule has 3 rings (SSSR count). The van der Waals surface area contributed by atoms with Crippen molar-refractivity contribution in [3.63, 3.8) is 0 Å². The van der Waals surface area contributed by atoms with Crippen LogP contribution in [-0.2, 0) is 6.54 Å². The molecule has 0 spiro atoms. The van der Waals surface area contributed by atoms with Gasteiger partial charge in [0.25, 0.3) is 0 Å². The number of aromatic nitrogens is 2. The van der Waals surface area contributed by atoms with Crippen LogP contribution in [-0.4, -0.2) is 21.1 Å². The molecule has 2 heterocycles. The van der Waals surface area contributed by atoms with Crippen LogP contribution >= 0.6 is 39.3 Å². The number of hydrogen-bond acceptors (Lipinski definition) is 2. The van der Waals surface area contributed by atoms with Crippen LogP contribution in [0.25, 0.3) is 11.0 Å². The standard InChI is InChI=1S/C14H16BrClN2S/c1-9(16)14-17-12-6-11(15)2-3-13(12)18(14)7-10-4-5-19-8-10/h2-3,6,9-10H,4-5,7-8H2,1H3. The van der Waals surface area contributed by atoms with Crippen LogP contribution in [0.2, 0.25) is 0 Å². The summed E-state index contributed by atoms with van der Waals surface area (Å²) in [6.45, 7) is 3.04. The first kappa shape index (κ1) is 13.8. The quantitative estimate of drug-likeness (QED) is 0.729. The van der Waals surface area contributed by atoms with E-state index in [4.69, 9.17) is 16.6 Å². The zero-order chi connectivity index (χ0) is 13.4. The van der Waals surface area contributed by atoms with E-state index in [1.807, 2.05) is 6.92 Å². The summed E-state index contributed by atoms with van der Waals surface area (Å²) in [5, 5.41) is -0.0553. The average molecular weight is 360 g/mol. The SMILES string of the molecule is CC(Cl)c1nc2cc(Br)ccc2n1CC1CCSC1. The van der Waals surface area contributed by atoms with Crippen molar-refractivity contribution in [2.75, 3.05) is 11.5 Å². The third-order valence-electron chi connectivity index (χ3n) is 3.56. The summed E-state index contributed by atoms with van der Waals surface area (Å²) in [5.74, 6) is 4.29. The van der Waals surface area contributed by atoms with E-state index in [0.29, 0.717) is 0 Å². The van der Waals surface area contributed by atoms with Gasteiger partial charge in [-0.3, -0.25) is 0 Å². The smallest absolute Gasteiger partial charge is 0.127 e. The lowest BCUT2D eigenvalue weighted by Gasteiger charge is -2.14. The van der Waals surface area contributed by atoms with Gasteiger partial charge in [0.1, 0.15) is 5.82 Å². The van der Waals surface area contributed by atoms with Gasteiger partial charge in [-0.15, -0.1) is 11.6 Å². The molecule has 0 N–H and O–H groups in total. The number of rotatable bonds is 3. The summed E-state index contributed by atoms with van der Waals surface area (Å²) in [5.41, 5.74) is 2.23. The van der Waals surface area contributed by atoms with Crippen molar-refractivity contribution < 1.29 is 0 Å². The van der Waals surface area contributed by atoms with Gasteiger partial charge >= 0.3 is 0 Å². The van der Waals surface area contributed by atoms with Crippen molar-refractivity contribution in [3.8, 4) is 0 Å². The Morgan fingerprint density at radius 3 is 3.11 bits per heavy atom. The van der Waals surface area contributed by atoms with Gasteiger partial charge in [0.15, 0.2) is 0 Å². The highest BCUT2D eigenvalue weighted by Crippen LogP contribution is 2.31. The second-order valence-corrected chi connectivity index (χ2v) is 7.78. The molecule has 5 heteroatoms. The normalized spacial score (nSPS) is 21.1. The molecule has 0 aliphatic carbocycles. The van der Waals surface area contributed by atoms with Crippen LogP contribution in [0.15, 0.2) is 22.7 Å². The van der Waals surface area contributed by atoms with Crippen LogP contribution in [0.1, 0.15) is 24.5 Å². The predicted octanol–water partition coefficient (Wildman–Crippen LogP) is 4.85. The Bertz CT molecular complexity index is 590. The Hall–Kier alpha value is -0.190. The molecule has 2 aromatic rings. The molecule has 1 aromatic carbocycles. The molecule has 19 heavy (non-hydrogen) atoms. The van der Waals surface area contributed by atoms with Crippen molar-refractivity contribution in [2.45, 2.75) is 25.3 Å². The molecule has 1 saturated heterocycles. The summed E-state index contributed by atoms with van der Waals surface area (Å²) in [7, 11) is 0. The molecule has 0 bridgehead atoms. The van der Waals surface area contributed by atoms with E-state index in [-0.39, 0.29) is 5.38 Å². The Morgan fingerprint density at radius 1 is 1.58 bits per heavy atom. The predicted molar refractivity (Wildman–Crippen MR) is 87.1 cm³/mol. The molecular weight excluding hydrogens is 344 g/mol. The highest BCUT2D eigenvalue weighted by molar-refractivity contribution is 9.10. The lowest BCUT2D eigenvalue weighted by atomic mass is 10.1. The molecule has 102 valence electrons. The molecule has 2 nitrogen and oxygen atoms in total. The summed E-state index contributed by atoms with van der Waals surface area (Å²) in [6, 6.07) is 6.28. The third kappa shape index (κ3) is 2.81. The van der Waals surface area contributed by atoms with Gasteiger partial charge in [-0.2, -0.15) is 11.8 Å². The number of nitrogens with zero attached hydrogens (tertiary/aromatic N) is 2. The third-order valence-corrected chi connectivity index (χ3v) is 5.48. The average Bonchev–Trinajstić information content (AvgIpc) is 2.97. The topological polar surface area (TPSA) is 17.8 Å². The number of imidazole rings is 1. The minimum atomic E-state index is -0.0553. The largest absolute Gasteiger partial charge is 0.326 e. The van der Waals surface area contributed by atoms with Crippen LogP contribution in [0, 0.1) is 5.92 Å². The van der Waals surface area contributed by atoms with E-state index in [9.17, 15) is 0 Å². The van der Waals surface area contributed by atoms with Gasteiger partial charge in [0.05, 0.1) is 16.4 Å². The molecule has 0 amide bonds. The van der Waals surface area contributed by atoms with Gasteiger partial charge in [-0.25, -0.2) is 4.98 Å². The highest BCUT2D eigenvalue weighted by atomic mass is 79.9. The van der Waals surface area contributed by atoms with Crippen molar-refractivity contribution in [2.24, 2.45) is 5.92 Å².